The van der Waals surface area contributed by atoms with Gasteiger partial charge in [0.2, 0.25) is 0 Å². The van der Waals surface area contributed by atoms with E-state index >= 15 is 0 Å². The fourth-order valence-electron chi connectivity index (χ4n) is 1.28. The Balaban J connectivity index is 3.20. The second-order valence-corrected chi connectivity index (χ2v) is 5.24. The number of anilines is 1. The van der Waals surface area contributed by atoms with Crippen LogP contribution in [0, 0.1) is 0 Å². The molecule has 0 spiro atoms. The van der Waals surface area contributed by atoms with Crippen molar-refractivity contribution in [2.75, 3.05) is 5.32 Å². The van der Waals surface area contributed by atoms with E-state index < -0.39 is 21.4 Å². The molecule has 1 aromatic carbocycles. The lowest BCUT2D eigenvalue weighted by atomic mass is 10.1. The second kappa shape index (κ2) is 5.34. The molecule has 1 aromatic rings. The summed E-state index contributed by atoms with van der Waals surface area (Å²) in [6, 6.07) is 2.89. The van der Waals surface area contributed by atoms with Crippen molar-refractivity contribution >= 4 is 39.7 Å². The zero-order chi connectivity index (χ0) is 13.9. The molecule has 0 aromatic heterocycles. The maximum atomic E-state index is 11.0. The summed E-state index contributed by atoms with van der Waals surface area (Å²) >= 11 is 5.77. The lowest BCUT2D eigenvalue weighted by molar-refractivity contribution is -0.107. The van der Waals surface area contributed by atoms with Crippen molar-refractivity contribution in [3.8, 4) is 0 Å². The summed E-state index contributed by atoms with van der Waals surface area (Å²) in [6.45, 7) is 0. The third-order valence-electron chi connectivity index (χ3n) is 2.02. The second-order valence-electron chi connectivity index (χ2n) is 3.30. The van der Waals surface area contributed by atoms with E-state index in [2.05, 4.69) is 5.32 Å². The van der Waals surface area contributed by atoms with E-state index in [1.807, 2.05) is 0 Å². The van der Waals surface area contributed by atoms with Gasteiger partial charge in [-0.3, -0.25) is 4.55 Å². The summed E-state index contributed by atoms with van der Waals surface area (Å²) in [5, 5.41) is 0.351. The van der Waals surface area contributed by atoms with Crippen molar-refractivity contribution in [1.82, 2.24) is 0 Å². The van der Waals surface area contributed by atoms with Gasteiger partial charge in [0.15, 0.2) is 5.25 Å². The molecular weight excluding hydrogens is 284 g/mol. The van der Waals surface area contributed by atoms with E-state index in [-0.39, 0.29) is 22.6 Å². The highest BCUT2D eigenvalue weighted by Gasteiger charge is 2.26. The number of urea groups is 1. The van der Waals surface area contributed by atoms with Crippen LogP contribution in [0.3, 0.4) is 0 Å². The first-order valence-corrected chi connectivity index (χ1v) is 6.41. The number of nitrogens with two attached hydrogens (primary N) is 1. The molecule has 7 nitrogen and oxygen atoms in total. The normalized spacial score (nSPS) is 12.8. The highest BCUT2D eigenvalue weighted by molar-refractivity contribution is 7.86. The van der Waals surface area contributed by atoms with Crippen molar-refractivity contribution < 1.29 is 22.6 Å². The van der Waals surface area contributed by atoms with E-state index in [1.165, 1.54) is 18.2 Å². The first-order valence-electron chi connectivity index (χ1n) is 4.53. The van der Waals surface area contributed by atoms with Crippen LogP contribution in [0.5, 0.6) is 0 Å². The number of nitrogens with one attached hydrogen (secondary N) is 1. The number of halogens is 1. The predicted molar refractivity (Wildman–Crippen MR) is 65.0 cm³/mol. The number of rotatable bonds is 4. The number of primary amides is 1. The average Bonchev–Trinajstić information content (AvgIpc) is 2.19. The molecule has 1 unspecified atom stereocenters. The van der Waals surface area contributed by atoms with Gasteiger partial charge < -0.3 is 15.8 Å². The van der Waals surface area contributed by atoms with E-state index in [1.54, 1.807) is 0 Å². The largest absolute Gasteiger partial charge is 0.351 e. The Morgan fingerprint density at radius 2 is 2.11 bits per heavy atom. The van der Waals surface area contributed by atoms with Crippen molar-refractivity contribution in [1.29, 1.82) is 0 Å². The van der Waals surface area contributed by atoms with E-state index in [9.17, 15) is 18.0 Å². The van der Waals surface area contributed by atoms with Gasteiger partial charge in [0.05, 0.1) is 0 Å². The van der Waals surface area contributed by atoms with Crippen LogP contribution in [0.25, 0.3) is 0 Å². The molecular formula is C9H9ClN2O5S. The van der Waals surface area contributed by atoms with E-state index in [0.29, 0.717) is 0 Å². The zero-order valence-electron chi connectivity index (χ0n) is 8.83. The number of aldehydes is 1. The van der Waals surface area contributed by atoms with E-state index in [0.717, 1.165) is 0 Å². The lowest BCUT2D eigenvalue weighted by Gasteiger charge is -2.11. The molecule has 1 atom stereocenters. The summed E-state index contributed by atoms with van der Waals surface area (Å²) in [5.41, 5.74) is 5.02. The molecule has 18 heavy (non-hydrogen) atoms. The minimum atomic E-state index is -4.59. The Morgan fingerprint density at radius 1 is 1.50 bits per heavy atom. The van der Waals surface area contributed by atoms with Crippen LogP contribution >= 0.6 is 11.6 Å². The van der Waals surface area contributed by atoms with Gasteiger partial charge in [-0.05, 0) is 17.7 Å². The molecule has 0 heterocycles. The minimum absolute atomic E-state index is 0.0533. The quantitative estimate of drug-likeness (QED) is 0.562. The standard InChI is InChI=1S/C9H9ClN2O5S/c10-7-3-5(12-9(11)14)1-2-6(7)8(4-13)18(15,16)17/h1-4,8H,(H3,11,12,14)(H,15,16,17). The van der Waals surface area contributed by atoms with Crippen molar-refractivity contribution in [3.05, 3.63) is 28.8 Å². The third-order valence-corrected chi connectivity index (χ3v) is 3.35. The maximum absolute atomic E-state index is 11.0. The molecule has 0 aliphatic rings. The molecule has 0 saturated heterocycles. The monoisotopic (exact) mass is 292 g/mol. The van der Waals surface area contributed by atoms with Crippen molar-refractivity contribution in [3.63, 3.8) is 0 Å². The number of hydrogen-bond acceptors (Lipinski definition) is 4. The van der Waals surface area contributed by atoms with Crippen LogP contribution in [-0.2, 0) is 14.9 Å². The molecule has 0 fully saturated rings. The number of carbonyl (C=O) groups is 2. The highest BCUT2D eigenvalue weighted by Crippen LogP contribution is 2.29. The molecule has 0 bridgehead atoms. The molecule has 9 heteroatoms. The van der Waals surface area contributed by atoms with E-state index in [4.69, 9.17) is 21.9 Å². The van der Waals surface area contributed by atoms with Gasteiger partial charge in [0, 0.05) is 10.7 Å². The zero-order valence-corrected chi connectivity index (χ0v) is 10.4. The molecule has 0 saturated carbocycles. The van der Waals surface area contributed by atoms with Crippen LogP contribution in [-0.4, -0.2) is 25.3 Å². The smallest absolute Gasteiger partial charge is 0.316 e. The predicted octanol–water partition coefficient (Wildman–Crippen LogP) is 0.958. The fraction of sp³-hybridized carbons (Fsp3) is 0.111. The summed E-state index contributed by atoms with van der Waals surface area (Å²) in [5.74, 6) is 0. The van der Waals surface area contributed by atoms with Crippen molar-refractivity contribution in [2.45, 2.75) is 5.25 Å². The van der Waals surface area contributed by atoms with Gasteiger partial charge in [-0.1, -0.05) is 17.7 Å². The van der Waals surface area contributed by atoms with Gasteiger partial charge >= 0.3 is 6.03 Å². The fourth-order valence-corrected chi connectivity index (χ4v) is 2.31. The van der Waals surface area contributed by atoms with Crippen molar-refractivity contribution in [2.24, 2.45) is 5.73 Å². The topological polar surface area (TPSA) is 127 Å². The molecule has 2 amide bonds. The van der Waals surface area contributed by atoms with Crippen LogP contribution in [0.4, 0.5) is 10.5 Å². The first kappa shape index (κ1) is 14.4. The Kier molecular flexibility index (Phi) is 4.28. The van der Waals surface area contributed by atoms with Crippen LogP contribution in [0.2, 0.25) is 5.02 Å². The van der Waals surface area contributed by atoms with Gasteiger partial charge in [0.1, 0.15) is 6.29 Å². The van der Waals surface area contributed by atoms with Gasteiger partial charge in [-0.2, -0.15) is 8.42 Å². The molecule has 4 N–H and O–H groups in total. The van der Waals surface area contributed by atoms with Crippen LogP contribution < -0.4 is 11.1 Å². The molecule has 0 radical (unpaired) electrons. The summed E-state index contributed by atoms with van der Waals surface area (Å²) in [4.78, 5) is 21.3. The Bertz CT molecular complexity index is 587. The molecule has 98 valence electrons. The molecule has 1 rings (SSSR count). The Morgan fingerprint density at radius 3 is 2.50 bits per heavy atom. The number of carbonyl (C=O) groups excluding carboxylic acids is 2. The first-order chi connectivity index (χ1) is 8.25. The number of amides is 2. The summed E-state index contributed by atoms with van der Waals surface area (Å²) in [6.07, 6.45) is 0.0533. The summed E-state index contributed by atoms with van der Waals surface area (Å²) in [7, 11) is -4.59. The van der Waals surface area contributed by atoms with Crippen LogP contribution in [0.1, 0.15) is 10.8 Å². The molecule has 0 aliphatic heterocycles. The van der Waals surface area contributed by atoms with Crippen LogP contribution in [0.15, 0.2) is 18.2 Å². The lowest BCUT2D eigenvalue weighted by Crippen LogP contribution is -2.19. The Labute approximate surface area is 108 Å². The minimum Gasteiger partial charge on any atom is -0.351 e. The SMILES string of the molecule is NC(=O)Nc1ccc(C(C=O)S(=O)(=O)O)c(Cl)c1. The third kappa shape index (κ3) is 3.42. The highest BCUT2D eigenvalue weighted by atomic mass is 35.5. The summed E-state index contributed by atoms with van der Waals surface area (Å²) < 4.78 is 30.8. The maximum Gasteiger partial charge on any atom is 0.316 e. The number of benzene rings is 1. The van der Waals surface area contributed by atoms with Gasteiger partial charge in [0.25, 0.3) is 10.1 Å². The average molecular weight is 293 g/mol. The molecule has 0 aliphatic carbocycles. The Hall–Kier alpha value is -1.64. The van der Waals surface area contributed by atoms with Gasteiger partial charge in [-0.15, -0.1) is 0 Å². The van der Waals surface area contributed by atoms with Gasteiger partial charge in [-0.25, -0.2) is 4.79 Å². The number of hydrogen-bond donors (Lipinski definition) is 3.